The lowest BCUT2D eigenvalue weighted by molar-refractivity contribution is 0.273. The van der Waals surface area contributed by atoms with Crippen LogP contribution in [0.15, 0.2) is 29.2 Å². The van der Waals surface area contributed by atoms with Crippen LogP contribution in [0.1, 0.15) is 26.3 Å². The van der Waals surface area contributed by atoms with Gasteiger partial charge in [-0.1, -0.05) is 20.8 Å². The molecule has 0 aliphatic heterocycles. The molecule has 0 saturated heterocycles. The predicted molar refractivity (Wildman–Crippen MR) is 78.4 cm³/mol. The molecule has 0 saturated carbocycles. The predicted octanol–water partition coefficient (Wildman–Crippen LogP) is 1.55. The second-order valence-corrected chi connectivity index (χ2v) is 7.37. The van der Waals surface area contributed by atoms with E-state index in [-0.39, 0.29) is 10.3 Å². The van der Waals surface area contributed by atoms with Crippen molar-refractivity contribution < 1.29 is 8.42 Å². The molecule has 1 aromatic carbocycles. The summed E-state index contributed by atoms with van der Waals surface area (Å²) in [5.41, 5.74) is 5.83. The van der Waals surface area contributed by atoms with Crippen LogP contribution in [0.3, 0.4) is 0 Å². The van der Waals surface area contributed by atoms with Gasteiger partial charge in [0.2, 0.25) is 10.0 Å². The molecule has 0 heterocycles. The molecule has 110 valence electrons. The average Bonchev–Trinajstić information content (AvgIpc) is 2.44. The van der Waals surface area contributed by atoms with Gasteiger partial charge in [-0.2, -0.15) is 9.57 Å². The maximum absolute atomic E-state index is 12.6. The van der Waals surface area contributed by atoms with Crippen molar-refractivity contribution in [3.8, 4) is 6.07 Å². The van der Waals surface area contributed by atoms with Gasteiger partial charge >= 0.3 is 0 Å². The molecule has 0 radical (unpaired) electrons. The van der Waals surface area contributed by atoms with Crippen molar-refractivity contribution >= 4 is 10.0 Å². The van der Waals surface area contributed by atoms with Gasteiger partial charge in [0, 0.05) is 13.1 Å². The third kappa shape index (κ3) is 3.79. The molecule has 5 nitrogen and oxygen atoms in total. The summed E-state index contributed by atoms with van der Waals surface area (Å²) in [5, 5.41) is 8.75. The minimum Gasteiger partial charge on any atom is -0.330 e. The first-order valence-electron chi connectivity index (χ1n) is 6.47. The Balaban J connectivity index is 3.09. The normalized spacial score (nSPS) is 12.4. The Hall–Kier alpha value is -1.42. The lowest BCUT2D eigenvalue weighted by Gasteiger charge is -2.30. The highest BCUT2D eigenvalue weighted by Gasteiger charge is 2.28. The molecule has 0 atom stereocenters. The molecule has 0 fully saturated rings. The highest BCUT2D eigenvalue weighted by molar-refractivity contribution is 7.89. The van der Waals surface area contributed by atoms with E-state index in [1.807, 2.05) is 19.9 Å². The number of rotatable bonds is 6. The zero-order valence-corrected chi connectivity index (χ0v) is 12.9. The van der Waals surface area contributed by atoms with Crippen molar-refractivity contribution in [2.45, 2.75) is 25.7 Å². The van der Waals surface area contributed by atoms with E-state index in [1.165, 1.54) is 28.6 Å². The van der Waals surface area contributed by atoms with Crippen LogP contribution in [-0.4, -0.2) is 32.4 Å². The number of hydrogen-bond acceptors (Lipinski definition) is 4. The second-order valence-electron chi connectivity index (χ2n) is 5.44. The van der Waals surface area contributed by atoms with Gasteiger partial charge in [0.15, 0.2) is 0 Å². The molecule has 6 heteroatoms. The van der Waals surface area contributed by atoms with Gasteiger partial charge < -0.3 is 5.73 Å². The van der Waals surface area contributed by atoms with Crippen LogP contribution < -0.4 is 5.73 Å². The molecule has 0 aliphatic carbocycles. The van der Waals surface area contributed by atoms with E-state index in [0.717, 1.165) is 0 Å². The van der Waals surface area contributed by atoms with Crippen LogP contribution in [0.5, 0.6) is 0 Å². The van der Waals surface area contributed by atoms with Crippen molar-refractivity contribution in [1.29, 1.82) is 5.26 Å². The van der Waals surface area contributed by atoms with E-state index in [0.29, 0.717) is 25.2 Å². The summed E-state index contributed by atoms with van der Waals surface area (Å²) in [6.45, 7) is 6.82. The molecular formula is C14H21N3O2S. The third-order valence-electron chi connectivity index (χ3n) is 3.13. The fourth-order valence-corrected chi connectivity index (χ4v) is 3.40. The highest BCUT2D eigenvalue weighted by Crippen LogP contribution is 2.22. The summed E-state index contributed by atoms with van der Waals surface area (Å²) in [5.74, 6) is 0. The maximum atomic E-state index is 12.6. The van der Waals surface area contributed by atoms with Crippen LogP contribution in [0, 0.1) is 16.7 Å². The third-order valence-corrected chi connectivity index (χ3v) is 5.07. The van der Waals surface area contributed by atoms with E-state index in [1.54, 1.807) is 6.92 Å². The highest BCUT2D eigenvalue weighted by atomic mass is 32.2. The minimum atomic E-state index is -3.55. The van der Waals surface area contributed by atoms with Gasteiger partial charge in [0.25, 0.3) is 0 Å². The summed E-state index contributed by atoms with van der Waals surface area (Å²) in [4.78, 5) is 0.200. The fraction of sp³-hybridized carbons (Fsp3) is 0.500. The minimum absolute atomic E-state index is 0.200. The van der Waals surface area contributed by atoms with Crippen LogP contribution in [-0.2, 0) is 10.0 Å². The lowest BCUT2D eigenvalue weighted by atomic mass is 9.94. The molecule has 0 aliphatic rings. The Morgan fingerprint density at radius 2 is 1.85 bits per heavy atom. The van der Waals surface area contributed by atoms with E-state index >= 15 is 0 Å². The van der Waals surface area contributed by atoms with Gasteiger partial charge in [-0.3, -0.25) is 0 Å². The van der Waals surface area contributed by atoms with Crippen molar-refractivity contribution in [3.05, 3.63) is 29.8 Å². The Labute approximate surface area is 121 Å². The quantitative estimate of drug-likeness (QED) is 0.862. The fourth-order valence-electron chi connectivity index (χ4n) is 1.76. The van der Waals surface area contributed by atoms with Gasteiger partial charge in [0.1, 0.15) is 0 Å². The summed E-state index contributed by atoms with van der Waals surface area (Å²) < 4.78 is 26.5. The Morgan fingerprint density at radius 3 is 2.25 bits per heavy atom. The van der Waals surface area contributed by atoms with Gasteiger partial charge in [-0.05, 0) is 36.2 Å². The van der Waals surface area contributed by atoms with Crippen molar-refractivity contribution in [2.75, 3.05) is 19.6 Å². The zero-order chi connectivity index (χ0) is 15.4. The molecule has 1 aromatic rings. The molecule has 0 aromatic heterocycles. The molecule has 0 spiro atoms. The van der Waals surface area contributed by atoms with Crippen LogP contribution in [0.25, 0.3) is 0 Å². The molecule has 0 unspecified atom stereocenters. The molecule has 1 rings (SSSR count). The topological polar surface area (TPSA) is 87.2 Å². The Bertz CT molecular complexity index is 586. The second kappa shape index (κ2) is 6.35. The smallest absolute Gasteiger partial charge is 0.243 e. The first kappa shape index (κ1) is 16.6. The van der Waals surface area contributed by atoms with Crippen molar-refractivity contribution in [3.63, 3.8) is 0 Å². The van der Waals surface area contributed by atoms with E-state index < -0.39 is 10.0 Å². The number of nitriles is 1. The first-order chi connectivity index (χ1) is 9.26. The van der Waals surface area contributed by atoms with E-state index in [2.05, 4.69) is 0 Å². The van der Waals surface area contributed by atoms with Gasteiger partial charge in [0.05, 0.1) is 16.5 Å². The maximum Gasteiger partial charge on any atom is 0.243 e. The summed E-state index contributed by atoms with van der Waals surface area (Å²) in [7, 11) is -3.55. The standard InChI is InChI=1S/C14H21N3O2S/c1-4-17(11-14(2,3)10-16)20(18,19)13-7-5-12(9-15)6-8-13/h5-8H,4,10-11,16H2,1-3H3. The summed E-state index contributed by atoms with van der Waals surface area (Å²) in [6.07, 6.45) is 0. The van der Waals surface area contributed by atoms with Crippen LogP contribution in [0.4, 0.5) is 0 Å². The number of benzene rings is 1. The van der Waals surface area contributed by atoms with Gasteiger partial charge in [-0.15, -0.1) is 0 Å². The van der Waals surface area contributed by atoms with E-state index in [9.17, 15) is 8.42 Å². The monoisotopic (exact) mass is 295 g/mol. The summed E-state index contributed by atoms with van der Waals surface area (Å²) >= 11 is 0. The number of nitrogens with two attached hydrogens (primary N) is 1. The Morgan fingerprint density at radius 1 is 1.30 bits per heavy atom. The number of nitrogens with zero attached hydrogens (tertiary/aromatic N) is 2. The summed E-state index contributed by atoms with van der Waals surface area (Å²) in [6, 6.07) is 7.92. The number of hydrogen-bond donors (Lipinski definition) is 1. The number of sulfonamides is 1. The van der Waals surface area contributed by atoms with E-state index in [4.69, 9.17) is 11.0 Å². The van der Waals surface area contributed by atoms with Crippen molar-refractivity contribution in [2.24, 2.45) is 11.1 Å². The molecule has 0 amide bonds. The van der Waals surface area contributed by atoms with Crippen LogP contribution >= 0.6 is 0 Å². The average molecular weight is 295 g/mol. The van der Waals surface area contributed by atoms with Crippen LogP contribution in [0.2, 0.25) is 0 Å². The molecule has 20 heavy (non-hydrogen) atoms. The van der Waals surface area contributed by atoms with Crippen molar-refractivity contribution in [1.82, 2.24) is 4.31 Å². The largest absolute Gasteiger partial charge is 0.330 e. The molecular weight excluding hydrogens is 274 g/mol. The SMILES string of the molecule is CCN(CC(C)(C)CN)S(=O)(=O)c1ccc(C#N)cc1. The molecule has 0 bridgehead atoms. The molecule has 2 N–H and O–H groups in total. The lowest BCUT2D eigenvalue weighted by Crippen LogP contribution is -2.41. The zero-order valence-electron chi connectivity index (χ0n) is 12.1. The Kier molecular flexibility index (Phi) is 5.28. The first-order valence-corrected chi connectivity index (χ1v) is 7.91. The van der Waals surface area contributed by atoms with Gasteiger partial charge in [-0.25, -0.2) is 8.42 Å².